The zero-order chi connectivity index (χ0) is 20.2. The molecule has 2 aromatic heterocycles. The van der Waals surface area contributed by atoms with Gasteiger partial charge in [-0.3, -0.25) is 14.7 Å². The maximum atomic E-state index is 12.5. The maximum Gasteiger partial charge on any atom is 0.262 e. The SMILES string of the molecule is COc1ccccc1-c1cc(NC(=O)c2ccc(-c3ccccc3)[nH]c2=O)n[nH]1. The molecule has 0 bridgehead atoms. The standard InChI is InChI=1S/C22H18N4O3/c1-29-19-10-6-5-9-15(19)18-13-20(26-25-18)24-22(28)16-11-12-17(23-21(16)27)14-7-3-2-4-8-14/h2-13H,1H3,(H,23,27)(H2,24,25,26,28). The van der Waals surface area contributed by atoms with E-state index in [1.807, 2.05) is 54.6 Å². The Hall–Kier alpha value is -4.13. The lowest BCUT2D eigenvalue weighted by Crippen LogP contribution is -2.23. The number of hydrogen-bond acceptors (Lipinski definition) is 4. The highest BCUT2D eigenvalue weighted by atomic mass is 16.5. The summed E-state index contributed by atoms with van der Waals surface area (Å²) in [4.78, 5) is 27.7. The number of aromatic amines is 2. The average molecular weight is 386 g/mol. The molecule has 144 valence electrons. The number of para-hydroxylation sites is 1. The first-order valence-corrected chi connectivity index (χ1v) is 8.94. The summed E-state index contributed by atoms with van der Waals surface area (Å²) >= 11 is 0. The molecule has 0 aliphatic rings. The van der Waals surface area contributed by atoms with Gasteiger partial charge < -0.3 is 15.0 Å². The molecule has 2 heterocycles. The lowest BCUT2D eigenvalue weighted by atomic mass is 10.1. The number of nitrogens with zero attached hydrogens (tertiary/aromatic N) is 1. The van der Waals surface area contributed by atoms with Crippen molar-refractivity contribution < 1.29 is 9.53 Å². The normalized spacial score (nSPS) is 10.5. The van der Waals surface area contributed by atoms with E-state index < -0.39 is 11.5 Å². The quantitative estimate of drug-likeness (QED) is 0.487. The summed E-state index contributed by atoms with van der Waals surface area (Å²) in [5.74, 6) is 0.452. The minimum atomic E-state index is -0.538. The third kappa shape index (κ3) is 3.79. The Kier molecular flexibility index (Phi) is 4.94. The zero-order valence-corrected chi connectivity index (χ0v) is 15.6. The van der Waals surface area contributed by atoms with Crippen LogP contribution in [-0.2, 0) is 0 Å². The Morgan fingerprint density at radius 2 is 1.72 bits per heavy atom. The van der Waals surface area contributed by atoms with Crippen LogP contribution in [0.5, 0.6) is 5.75 Å². The molecule has 0 atom stereocenters. The summed E-state index contributed by atoms with van der Waals surface area (Å²) in [6.07, 6.45) is 0. The van der Waals surface area contributed by atoms with Crippen LogP contribution in [0, 0.1) is 0 Å². The third-order valence-corrected chi connectivity index (χ3v) is 4.46. The first kappa shape index (κ1) is 18.2. The molecule has 2 aromatic carbocycles. The molecular formula is C22H18N4O3. The van der Waals surface area contributed by atoms with Gasteiger partial charge in [-0.15, -0.1) is 0 Å². The van der Waals surface area contributed by atoms with E-state index in [1.165, 1.54) is 6.07 Å². The van der Waals surface area contributed by atoms with Gasteiger partial charge in [0.25, 0.3) is 11.5 Å². The number of ether oxygens (including phenoxy) is 1. The predicted molar refractivity (Wildman–Crippen MR) is 111 cm³/mol. The molecule has 4 aromatic rings. The van der Waals surface area contributed by atoms with Crippen LogP contribution in [-0.4, -0.2) is 28.2 Å². The second-order valence-electron chi connectivity index (χ2n) is 6.30. The molecule has 7 heteroatoms. The molecule has 0 unspecified atom stereocenters. The number of pyridine rings is 1. The maximum absolute atomic E-state index is 12.5. The van der Waals surface area contributed by atoms with Crippen molar-refractivity contribution in [3.05, 3.63) is 88.7 Å². The van der Waals surface area contributed by atoms with E-state index in [0.29, 0.717) is 23.0 Å². The number of anilines is 1. The molecule has 0 aliphatic heterocycles. The van der Waals surface area contributed by atoms with Crippen LogP contribution >= 0.6 is 0 Å². The Morgan fingerprint density at radius 1 is 0.966 bits per heavy atom. The van der Waals surface area contributed by atoms with Gasteiger partial charge >= 0.3 is 0 Å². The van der Waals surface area contributed by atoms with Crippen LogP contribution in [0.4, 0.5) is 5.82 Å². The molecule has 0 fully saturated rings. The predicted octanol–water partition coefficient (Wildman–Crippen LogP) is 3.69. The van der Waals surface area contributed by atoms with E-state index in [1.54, 1.807) is 19.2 Å². The van der Waals surface area contributed by atoms with Crippen molar-refractivity contribution in [1.29, 1.82) is 0 Å². The summed E-state index contributed by atoms with van der Waals surface area (Å²) in [7, 11) is 1.59. The van der Waals surface area contributed by atoms with Crippen LogP contribution < -0.4 is 15.6 Å². The zero-order valence-electron chi connectivity index (χ0n) is 15.6. The van der Waals surface area contributed by atoms with E-state index in [0.717, 1.165) is 11.1 Å². The first-order valence-electron chi connectivity index (χ1n) is 8.94. The second kappa shape index (κ2) is 7.85. The Bertz CT molecular complexity index is 1210. The number of methoxy groups -OCH3 is 1. The van der Waals surface area contributed by atoms with Gasteiger partial charge in [-0.25, -0.2) is 0 Å². The van der Waals surface area contributed by atoms with Gasteiger partial charge in [0.1, 0.15) is 11.3 Å². The summed E-state index contributed by atoms with van der Waals surface area (Å²) in [6, 6.07) is 21.8. The topological polar surface area (TPSA) is 99.9 Å². The highest BCUT2D eigenvalue weighted by Crippen LogP contribution is 2.29. The van der Waals surface area contributed by atoms with E-state index in [2.05, 4.69) is 20.5 Å². The molecule has 0 aliphatic carbocycles. The number of aromatic nitrogens is 3. The molecule has 4 rings (SSSR count). The van der Waals surface area contributed by atoms with Crippen LogP contribution in [0.1, 0.15) is 10.4 Å². The fraction of sp³-hybridized carbons (Fsp3) is 0.0455. The highest BCUT2D eigenvalue weighted by molar-refractivity contribution is 6.03. The monoisotopic (exact) mass is 386 g/mol. The van der Waals surface area contributed by atoms with Gasteiger partial charge in [-0.05, 0) is 29.8 Å². The smallest absolute Gasteiger partial charge is 0.262 e. The van der Waals surface area contributed by atoms with Crippen LogP contribution in [0.3, 0.4) is 0 Å². The van der Waals surface area contributed by atoms with Gasteiger partial charge in [0, 0.05) is 17.3 Å². The fourth-order valence-electron chi connectivity index (χ4n) is 3.01. The molecule has 0 saturated heterocycles. The number of amides is 1. The lowest BCUT2D eigenvalue weighted by Gasteiger charge is -2.05. The molecule has 1 amide bonds. The van der Waals surface area contributed by atoms with Gasteiger partial charge in [0.05, 0.1) is 12.8 Å². The van der Waals surface area contributed by atoms with E-state index in [4.69, 9.17) is 4.74 Å². The number of benzene rings is 2. The summed E-state index contributed by atoms with van der Waals surface area (Å²) in [6.45, 7) is 0. The molecule has 0 saturated carbocycles. The van der Waals surface area contributed by atoms with Crippen LogP contribution in [0.25, 0.3) is 22.5 Å². The second-order valence-corrected chi connectivity index (χ2v) is 6.30. The van der Waals surface area contributed by atoms with E-state index in [-0.39, 0.29) is 5.56 Å². The number of nitrogens with one attached hydrogen (secondary N) is 3. The van der Waals surface area contributed by atoms with Crippen molar-refractivity contribution in [2.45, 2.75) is 0 Å². The molecular weight excluding hydrogens is 368 g/mol. The van der Waals surface area contributed by atoms with Crippen molar-refractivity contribution >= 4 is 11.7 Å². The third-order valence-electron chi connectivity index (χ3n) is 4.46. The number of H-pyrrole nitrogens is 2. The van der Waals surface area contributed by atoms with E-state index >= 15 is 0 Å². The van der Waals surface area contributed by atoms with Crippen molar-refractivity contribution in [3.8, 4) is 28.3 Å². The van der Waals surface area contributed by atoms with Crippen LogP contribution in [0.15, 0.2) is 77.6 Å². The van der Waals surface area contributed by atoms with Gasteiger partial charge in [0.2, 0.25) is 0 Å². The van der Waals surface area contributed by atoms with Gasteiger partial charge in [-0.2, -0.15) is 5.10 Å². The van der Waals surface area contributed by atoms with E-state index in [9.17, 15) is 9.59 Å². The summed E-state index contributed by atoms with van der Waals surface area (Å²) in [5, 5.41) is 9.62. The van der Waals surface area contributed by atoms with Crippen molar-refractivity contribution in [1.82, 2.24) is 15.2 Å². The van der Waals surface area contributed by atoms with Gasteiger partial charge in [-0.1, -0.05) is 42.5 Å². The van der Waals surface area contributed by atoms with Crippen LogP contribution in [0.2, 0.25) is 0 Å². The molecule has 7 nitrogen and oxygen atoms in total. The van der Waals surface area contributed by atoms with Crippen molar-refractivity contribution in [3.63, 3.8) is 0 Å². The first-order chi connectivity index (χ1) is 14.2. The Labute approximate surface area is 166 Å². The molecule has 0 radical (unpaired) electrons. The summed E-state index contributed by atoms with van der Waals surface area (Å²) < 4.78 is 5.34. The largest absolute Gasteiger partial charge is 0.496 e. The highest BCUT2D eigenvalue weighted by Gasteiger charge is 2.15. The molecule has 3 N–H and O–H groups in total. The fourth-order valence-corrected chi connectivity index (χ4v) is 3.01. The number of rotatable bonds is 5. The minimum Gasteiger partial charge on any atom is -0.496 e. The van der Waals surface area contributed by atoms with Crippen molar-refractivity contribution in [2.75, 3.05) is 12.4 Å². The van der Waals surface area contributed by atoms with Gasteiger partial charge in [0.15, 0.2) is 5.82 Å². The Morgan fingerprint density at radius 3 is 2.48 bits per heavy atom. The number of hydrogen-bond donors (Lipinski definition) is 3. The van der Waals surface area contributed by atoms with Crippen molar-refractivity contribution in [2.24, 2.45) is 0 Å². The average Bonchev–Trinajstić information content (AvgIpc) is 3.22. The summed E-state index contributed by atoms with van der Waals surface area (Å²) in [5.41, 5.74) is 2.55. The number of carbonyl (C=O) groups excluding carboxylic acids is 1. The minimum absolute atomic E-state index is 0.00604. The molecule has 0 spiro atoms. The number of carbonyl (C=O) groups is 1. The lowest BCUT2D eigenvalue weighted by molar-refractivity contribution is 0.102. The Balaban J connectivity index is 1.55. The molecule has 29 heavy (non-hydrogen) atoms.